The third kappa shape index (κ3) is 1.69. The Labute approximate surface area is 87.7 Å². The summed E-state index contributed by atoms with van der Waals surface area (Å²) < 4.78 is 1.44. The maximum Gasteiger partial charge on any atom is 0.266 e. The highest BCUT2D eigenvalue weighted by Gasteiger charge is 2.29. The lowest BCUT2D eigenvalue weighted by atomic mass is 10.1. The van der Waals surface area contributed by atoms with Crippen LogP contribution in [0.2, 0.25) is 0 Å². The monoisotopic (exact) mass is 209 g/mol. The molecule has 0 saturated carbocycles. The quantitative estimate of drug-likeness (QED) is 0.727. The van der Waals surface area contributed by atoms with Crippen molar-refractivity contribution in [3.63, 3.8) is 0 Å². The molecule has 0 aromatic carbocycles. The van der Waals surface area contributed by atoms with Crippen LogP contribution in [0.3, 0.4) is 0 Å². The maximum atomic E-state index is 11.3. The smallest absolute Gasteiger partial charge is 0.266 e. The molecule has 2 heterocycles. The van der Waals surface area contributed by atoms with E-state index in [9.17, 15) is 9.59 Å². The molecule has 1 aromatic heterocycles. The number of H-pyrrole nitrogens is 1. The van der Waals surface area contributed by atoms with Crippen LogP contribution in [0.5, 0.6) is 0 Å². The number of likely N-dealkylation sites (tertiary alicyclic amines) is 1. The molecule has 1 unspecified atom stereocenters. The van der Waals surface area contributed by atoms with Gasteiger partial charge in [-0.1, -0.05) is 0 Å². The number of amides is 1. The van der Waals surface area contributed by atoms with Crippen LogP contribution >= 0.6 is 0 Å². The molecule has 2 rings (SSSR count). The van der Waals surface area contributed by atoms with Gasteiger partial charge in [0.15, 0.2) is 0 Å². The van der Waals surface area contributed by atoms with Gasteiger partial charge in [-0.25, -0.2) is 0 Å². The van der Waals surface area contributed by atoms with E-state index >= 15 is 0 Å². The molecule has 5 nitrogen and oxygen atoms in total. The molecular weight excluding hydrogens is 194 g/mol. The first-order chi connectivity index (χ1) is 7.09. The van der Waals surface area contributed by atoms with Crippen LogP contribution in [0.15, 0.2) is 10.9 Å². The molecule has 1 saturated heterocycles. The van der Waals surface area contributed by atoms with Crippen molar-refractivity contribution in [2.24, 2.45) is 7.05 Å². The zero-order valence-electron chi connectivity index (χ0n) is 8.99. The summed E-state index contributed by atoms with van der Waals surface area (Å²) in [6.45, 7) is 2.36. The van der Waals surface area contributed by atoms with Crippen molar-refractivity contribution in [2.45, 2.75) is 25.8 Å². The Morgan fingerprint density at radius 3 is 2.87 bits per heavy atom. The van der Waals surface area contributed by atoms with Crippen LogP contribution in [-0.2, 0) is 11.8 Å². The molecule has 1 fully saturated rings. The Kier molecular flexibility index (Phi) is 2.38. The van der Waals surface area contributed by atoms with Crippen LogP contribution in [0, 0.1) is 0 Å². The zero-order valence-corrected chi connectivity index (χ0v) is 8.99. The van der Waals surface area contributed by atoms with E-state index in [-0.39, 0.29) is 17.5 Å². The number of hydrogen-bond acceptors (Lipinski definition) is 2. The molecule has 0 spiro atoms. The SMILES string of the molecule is CC(=O)N1CCCC1c1cc(=O)n(C)[nH]1. The Hall–Kier alpha value is -1.52. The number of rotatable bonds is 1. The lowest BCUT2D eigenvalue weighted by Gasteiger charge is -2.21. The average molecular weight is 209 g/mol. The van der Waals surface area contributed by atoms with Crippen LogP contribution < -0.4 is 5.56 Å². The van der Waals surface area contributed by atoms with Crippen molar-refractivity contribution in [1.82, 2.24) is 14.7 Å². The van der Waals surface area contributed by atoms with Crippen LogP contribution in [0.1, 0.15) is 31.5 Å². The van der Waals surface area contributed by atoms with Gasteiger partial charge in [0.1, 0.15) is 0 Å². The summed E-state index contributed by atoms with van der Waals surface area (Å²) in [4.78, 5) is 24.5. The summed E-state index contributed by atoms with van der Waals surface area (Å²) in [5, 5.41) is 2.98. The van der Waals surface area contributed by atoms with Gasteiger partial charge in [0.2, 0.25) is 5.91 Å². The minimum atomic E-state index is -0.0552. The van der Waals surface area contributed by atoms with Gasteiger partial charge >= 0.3 is 0 Å². The number of aryl methyl sites for hydroxylation is 1. The van der Waals surface area contributed by atoms with Crippen molar-refractivity contribution in [3.8, 4) is 0 Å². The lowest BCUT2D eigenvalue weighted by molar-refractivity contribution is -0.129. The van der Waals surface area contributed by atoms with Crippen molar-refractivity contribution in [3.05, 3.63) is 22.1 Å². The number of hydrogen-bond donors (Lipinski definition) is 1. The molecule has 1 aliphatic rings. The third-order valence-electron chi connectivity index (χ3n) is 2.92. The third-order valence-corrected chi connectivity index (χ3v) is 2.92. The summed E-state index contributed by atoms with van der Waals surface area (Å²) in [6.07, 6.45) is 1.93. The van der Waals surface area contributed by atoms with Crippen molar-refractivity contribution >= 4 is 5.91 Å². The number of aromatic amines is 1. The highest BCUT2D eigenvalue weighted by molar-refractivity contribution is 5.74. The van der Waals surface area contributed by atoms with E-state index in [0.717, 1.165) is 25.1 Å². The molecule has 0 radical (unpaired) electrons. The standard InChI is InChI=1S/C10H15N3O2/c1-7(14)13-5-3-4-9(13)8-6-10(15)12(2)11-8/h6,9,11H,3-5H2,1-2H3. The first kappa shape index (κ1) is 10.0. The first-order valence-electron chi connectivity index (χ1n) is 5.12. The predicted octanol–water partition coefficient (Wildman–Crippen LogP) is 0.397. The van der Waals surface area contributed by atoms with E-state index in [0.29, 0.717) is 0 Å². The lowest BCUT2D eigenvalue weighted by Crippen LogP contribution is -2.28. The van der Waals surface area contributed by atoms with Crippen LogP contribution in [0.4, 0.5) is 0 Å². The predicted molar refractivity (Wildman–Crippen MR) is 55.4 cm³/mol. The molecule has 1 N–H and O–H groups in total. The fraction of sp³-hybridized carbons (Fsp3) is 0.600. The molecule has 1 aliphatic heterocycles. The topological polar surface area (TPSA) is 58.1 Å². The molecule has 5 heteroatoms. The summed E-state index contributed by atoms with van der Waals surface area (Å²) in [5.41, 5.74) is 0.788. The Bertz CT molecular complexity index is 432. The summed E-state index contributed by atoms with van der Waals surface area (Å²) in [7, 11) is 1.68. The second-order valence-electron chi connectivity index (χ2n) is 3.98. The number of nitrogens with zero attached hydrogens (tertiary/aromatic N) is 2. The number of nitrogens with one attached hydrogen (secondary N) is 1. The van der Waals surface area contributed by atoms with Gasteiger partial charge in [0.25, 0.3) is 5.56 Å². The number of carbonyl (C=O) groups is 1. The largest absolute Gasteiger partial charge is 0.334 e. The summed E-state index contributed by atoms with van der Waals surface area (Å²) in [5.74, 6) is 0.0715. The average Bonchev–Trinajstić information content (AvgIpc) is 2.73. The second kappa shape index (κ2) is 3.56. The Balaban J connectivity index is 2.30. The maximum absolute atomic E-state index is 11.3. The van der Waals surface area contributed by atoms with E-state index in [1.807, 2.05) is 4.90 Å². The highest BCUT2D eigenvalue weighted by atomic mass is 16.2. The molecule has 0 bridgehead atoms. The van der Waals surface area contributed by atoms with E-state index in [2.05, 4.69) is 5.10 Å². The number of aromatic nitrogens is 2. The molecule has 1 amide bonds. The van der Waals surface area contributed by atoms with E-state index in [1.54, 1.807) is 20.0 Å². The first-order valence-corrected chi connectivity index (χ1v) is 5.12. The van der Waals surface area contributed by atoms with E-state index < -0.39 is 0 Å². The van der Waals surface area contributed by atoms with E-state index in [4.69, 9.17) is 0 Å². The summed E-state index contributed by atoms with van der Waals surface area (Å²) in [6, 6.07) is 1.63. The van der Waals surface area contributed by atoms with Gasteiger partial charge in [0, 0.05) is 26.6 Å². The van der Waals surface area contributed by atoms with Gasteiger partial charge in [-0.3, -0.25) is 19.4 Å². The highest BCUT2D eigenvalue weighted by Crippen LogP contribution is 2.29. The molecule has 15 heavy (non-hydrogen) atoms. The fourth-order valence-corrected chi connectivity index (χ4v) is 2.15. The number of carbonyl (C=O) groups excluding carboxylic acids is 1. The van der Waals surface area contributed by atoms with Crippen LogP contribution in [0.25, 0.3) is 0 Å². The van der Waals surface area contributed by atoms with E-state index in [1.165, 1.54) is 4.68 Å². The molecule has 1 aromatic rings. The Morgan fingerprint density at radius 1 is 1.60 bits per heavy atom. The molecular formula is C10H15N3O2. The van der Waals surface area contributed by atoms with Gasteiger partial charge in [0.05, 0.1) is 11.7 Å². The fourth-order valence-electron chi connectivity index (χ4n) is 2.15. The van der Waals surface area contributed by atoms with Gasteiger partial charge < -0.3 is 4.90 Å². The van der Waals surface area contributed by atoms with Gasteiger partial charge in [-0.2, -0.15) is 0 Å². The second-order valence-corrected chi connectivity index (χ2v) is 3.98. The minimum Gasteiger partial charge on any atom is -0.334 e. The van der Waals surface area contributed by atoms with Crippen molar-refractivity contribution in [1.29, 1.82) is 0 Å². The van der Waals surface area contributed by atoms with Crippen LogP contribution in [-0.4, -0.2) is 27.1 Å². The van der Waals surface area contributed by atoms with Crippen molar-refractivity contribution < 1.29 is 4.79 Å². The molecule has 1 atom stereocenters. The summed E-state index contributed by atoms with van der Waals surface area (Å²) >= 11 is 0. The van der Waals surface area contributed by atoms with Crippen molar-refractivity contribution in [2.75, 3.05) is 6.54 Å². The van der Waals surface area contributed by atoms with Gasteiger partial charge in [-0.05, 0) is 12.8 Å². The Morgan fingerprint density at radius 2 is 2.33 bits per heavy atom. The zero-order chi connectivity index (χ0) is 11.0. The normalized spacial score (nSPS) is 20.9. The molecule has 0 aliphatic carbocycles. The molecule has 82 valence electrons. The van der Waals surface area contributed by atoms with Gasteiger partial charge in [-0.15, -0.1) is 0 Å². The minimum absolute atomic E-state index is 0.0522.